The molecule has 29 heavy (non-hydrogen) atoms. The molecule has 2 atom stereocenters. The van der Waals surface area contributed by atoms with Crippen molar-refractivity contribution in [3.63, 3.8) is 0 Å². The number of ketones is 1. The Labute approximate surface area is 169 Å². The summed E-state index contributed by atoms with van der Waals surface area (Å²) in [6.45, 7) is 3.62. The number of ether oxygens (including phenoxy) is 2. The van der Waals surface area contributed by atoms with Crippen molar-refractivity contribution >= 4 is 5.78 Å². The number of hydrogen-bond acceptors (Lipinski definition) is 5. The van der Waals surface area contributed by atoms with Crippen molar-refractivity contribution in [1.29, 1.82) is 0 Å². The van der Waals surface area contributed by atoms with E-state index in [4.69, 9.17) is 9.47 Å². The van der Waals surface area contributed by atoms with Crippen LogP contribution in [0.5, 0.6) is 5.88 Å². The first kappa shape index (κ1) is 22.0. The Hall–Kier alpha value is -1.67. The number of nitrogens with zero attached hydrogens (tertiary/aromatic N) is 2. The van der Waals surface area contributed by atoms with Crippen LogP contribution >= 0.6 is 0 Å². The van der Waals surface area contributed by atoms with Gasteiger partial charge >= 0.3 is 6.18 Å². The first-order valence-corrected chi connectivity index (χ1v) is 10.3. The van der Waals surface area contributed by atoms with Crippen LogP contribution in [0.4, 0.5) is 13.2 Å². The highest BCUT2D eigenvalue weighted by atomic mass is 19.4. The first-order valence-electron chi connectivity index (χ1n) is 10.3. The van der Waals surface area contributed by atoms with E-state index in [0.717, 1.165) is 56.6 Å². The summed E-state index contributed by atoms with van der Waals surface area (Å²) in [6, 6.07) is 3.35. The molecule has 0 amide bonds. The summed E-state index contributed by atoms with van der Waals surface area (Å²) in [5, 5.41) is 0. The molecule has 0 N–H and O–H groups in total. The van der Waals surface area contributed by atoms with Crippen LogP contribution in [0, 0.1) is 5.92 Å². The summed E-state index contributed by atoms with van der Waals surface area (Å²) in [5.74, 6) is 0.614. The molecule has 162 valence electrons. The Kier molecular flexibility index (Phi) is 7.51. The lowest BCUT2D eigenvalue weighted by Gasteiger charge is -2.30. The molecule has 0 bridgehead atoms. The maximum Gasteiger partial charge on any atom is 0.422 e. The summed E-state index contributed by atoms with van der Waals surface area (Å²) in [6.07, 6.45) is 1.00. The largest absolute Gasteiger partial charge is 0.468 e. The highest BCUT2D eigenvalue weighted by Gasteiger charge is 2.29. The van der Waals surface area contributed by atoms with Gasteiger partial charge in [0.2, 0.25) is 5.88 Å². The minimum Gasteiger partial charge on any atom is -0.468 e. The fourth-order valence-electron chi connectivity index (χ4n) is 4.05. The topological polar surface area (TPSA) is 51.7 Å². The summed E-state index contributed by atoms with van der Waals surface area (Å²) in [7, 11) is 0. The molecule has 2 aliphatic heterocycles. The van der Waals surface area contributed by atoms with Crippen LogP contribution in [0.3, 0.4) is 0 Å². The predicted molar refractivity (Wildman–Crippen MR) is 102 cm³/mol. The number of carbonyl (C=O) groups excluding carboxylic acids is 1. The van der Waals surface area contributed by atoms with E-state index in [9.17, 15) is 18.0 Å². The fraction of sp³-hybridized carbons (Fsp3) is 0.714. The molecule has 1 fully saturated rings. The maximum atomic E-state index is 12.3. The second-order valence-corrected chi connectivity index (χ2v) is 8.09. The highest BCUT2D eigenvalue weighted by molar-refractivity contribution is 5.75. The Morgan fingerprint density at radius 1 is 1.28 bits per heavy atom. The van der Waals surface area contributed by atoms with Gasteiger partial charge < -0.3 is 19.2 Å². The third-order valence-corrected chi connectivity index (χ3v) is 5.60. The Bertz CT molecular complexity index is 688. The zero-order valence-electron chi connectivity index (χ0n) is 16.8. The minimum absolute atomic E-state index is 0.0326. The molecule has 1 saturated heterocycles. The summed E-state index contributed by atoms with van der Waals surface area (Å²) < 4.78 is 47.7. The van der Waals surface area contributed by atoms with Gasteiger partial charge in [-0.15, -0.1) is 0 Å². The zero-order valence-corrected chi connectivity index (χ0v) is 16.8. The molecular weight excluding hydrogens is 385 g/mol. The molecule has 1 aromatic rings. The number of halogens is 3. The normalized spacial score (nSPS) is 23.3. The molecule has 0 radical (unpaired) electrons. The van der Waals surface area contributed by atoms with Crippen molar-refractivity contribution < 1.29 is 27.4 Å². The first-order chi connectivity index (χ1) is 13.8. The van der Waals surface area contributed by atoms with Crippen molar-refractivity contribution in [1.82, 2.24) is 9.88 Å². The number of aromatic nitrogens is 1. The van der Waals surface area contributed by atoms with Crippen molar-refractivity contribution in [3.05, 3.63) is 23.4 Å². The monoisotopic (exact) mass is 414 g/mol. The molecular formula is C21H29F3N2O3. The van der Waals surface area contributed by atoms with Gasteiger partial charge in [-0.2, -0.15) is 13.2 Å². The highest BCUT2D eigenvalue weighted by Crippen LogP contribution is 2.25. The molecule has 0 aromatic carbocycles. The van der Waals surface area contributed by atoms with E-state index in [1.54, 1.807) is 6.92 Å². The number of rotatable bonds is 7. The molecule has 0 spiro atoms. The average molecular weight is 414 g/mol. The summed E-state index contributed by atoms with van der Waals surface area (Å²) >= 11 is 0. The molecule has 2 aliphatic rings. The lowest BCUT2D eigenvalue weighted by Crippen LogP contribution is -2.33. The number of pyridine rings is 1. The van der Waals surface area contributed by atoms with Gasteiger partial charge in [0.25, 0.3) is 0 Å². The van der Waals surface area contributed by atoms with Gasteiger partial charge in [-0.05, 0) is 44.1 Å². The Morgan fingerprint density at radius 3 is 2.76 bits per heavy atom. The SMILES string of the molecule is CC(=O)C[C@H]1CC[C@H](CCN2CCc3ccc(OCC(F)(F)F)nc3CC2)OC1. The molecule has 0 saturated carbocycles. The van der Waals surface area contributed by atoms with Crippen LogP contribution in [0.25, 0.3) is 0 Å². The summed E-state index contributed by atoms with van der Waals surface area (Å²) in [4.78, 5) is 17.9. The zero-order chi connectivity index (χ0) is 20.9. The van der Waals surface area contributed by atoms with Gasteiger partial charge in [0, 0.05) is 44.2 Å². The molecule has 1 aromatic heterocycles. The van der Waals surface area contributed by atoms with Crippen LogP contribution < -0.4 is 4.74 Å². The van der Waals surface area contributed by atoms with Crippen LogP contribution in [0.15, 0.2) is 12.1 Å². The van der Waals surface area contributed by atoms with E-state index in [1.165, 1.54) is 6.07 Å². The summed E-state index contributed by atoms with van der Waals surface area (Å²) in [5.41, 5.74) is 1.90. The average Bonchev–Trinajstić information content (AvgIpc) is 2.87. The number of fused-ring (bicyclic) bond motifs is 1. The van der Waals surface area contributed by atoms with Gasteiger partial charge in [0.1, 0.15) is 5.78 Å². The van der Waals surface area contributed by atoms with Crippen molar-refractivity contribution in [3.8, 4) is 5.88 Å². The van der Waals surface area contributed by atoms with Gasteiger partial charge in [0.05, 0.1) is 12.7 Å². The van der Waals surface area contributed by atoms with E-state index in [-0.39, 0.29) is 17.8 Å². The van der Waals surface area contributed by atoms with E-state index in [1.807, 2.05) is 6.07 Å². The van der Waals surface area contributed by atoms with Crippen LogP contribution in [0.2, 0.25) is 0 Å². The molecule has 3 rings (SSSR count). The molecule has 8 heteroatoms. The Balaban J connectivity index is 1.43. The second kappa shape index (κ2) is 9.89. The van der Waals surface area contributed by atoms with Crippen LogP contribution in [-0.4, -0.2) is 60.8 Å². The van der Waals surface area contributed by atoms with Crippen molar-refractivity contribution in [2.75, 3.05) is 32.8 Å². The fourth-order valence-corrected chi connectivity index (χ4v) is 4.05. The molecule has 0 unspecified atom stereocenters. The van der Waals surface area contributed by atoms with Crippen molar-refractivity contribution in [2.45, 2.75) is 57.7 Å². The van der Waals surface area contributed by atoms with E-state index in [0.29, 0.717) is 25.4 Å². The molecule has 3 heterocycles. The number of carbonyl (C=O) groups is 1. The van der Waals surface area contributed by atoms with Gasteiger partial charge in [-0.3, -0.25) is 0 Å². The van der Waals surface area contributed by atoms with E-state index in [2.05, 4.69) is 9.88 Å². The lowest BCUT2D eigenvalue weighted by atomic mass is 9.93. The standard InChI is InChI=1S/C21H29F3N2O3/c1-15(27)12-16-2-4-18(28-13-16)7-10-26-9-6-17-3-5-20(25-19(17)8-11-26)29-14-21(22,23)24/h3,5,16,18H,2,4,6-14H2,1H3/t16-,18-/m1/s1. The van der Waals surface area contributed by atoms with Crippen LogP contribution in [0.1, 0.15) is 43.9 Å². The smallest absolute Gasteiger partial charge is 0.422 e. The maximum absolute atomic E-state index is 12.3. The third-order valence-electron chi connectivity index (χ3n) is 5.60. The number of Topliss-reactive ketones (excluding diaryl/α,β-unsaturated/α-hetero) is 1. The van der Waals surface area contributed by atoms with Crippen molar-refractivity contribution in [2.24, 2.45) is 5.92 Å². The lowest BCUT2D eigenvalue weighted by molar-refractivity contribution is -0.154. The molecule has 0 aliphatic carbocycles. The third kappa shape index (κ3) is 7.26. The Morgan fingerprint density at radius 2 is 2.07 bits per heavy atom. The van der Waals surface area contributed by atoms with Gasteiger partial charge in [-0.1, -0.05) is 6.07 Å². The molecule has 5 nitrogen and oxygen atoms in total. The van der Waals surface area contributed by atoms with E-state index >= 15 is 0 Å². The van der Waals surface area contributed by atoms with Crippen LogP contribution in [-0.2, 0) is 22.4 Å². The number of hydrogen-bond donors (Lipinski definition) is 0. The van der Waals surface area contributed by atoms with Gasteiger partial charge in [0.15, 0.2) is 6.61 Å². The minimum atomic E-state index is -4.36. The predicted octanol–water partition coefficient (Wildman–Crippen LogP) is 3.59. The van der Waals surface area contributed by atoms with E-state index < -0.39 is 12.8 Å². The number of alkyl halides is 3. The second-order valence-electron chi connectivity index (χ2n) is 8.09. The van der Waals surface area contributed by atoms with Gasteiger partial charge in [-0.25, -0.2) is 4.98 Å². The quantitative estimate of drug-likeness (QED) is 0.683.